The Morgan fingerprint density at radius 1 is 1.13 bits per heavy atom. The molecule has 2 saturated heterocycles. The maximum Gasteiger partial charge on any atom is 0.191 e. The molecule has 2 fully saturated rings. The molecular weight excluding hydrogens is 513 g/mol. The Morgan fingerprint density at radius 3 is 2.35 bits per heavy atom. The van der Waals surface area contributed by atoms with Gasteiger partial charge in [0.1, 0.15) is 17.3 Å². The Morgan fingerprint density at radius 2 is 1.77 bits per heavy atom. The van der Waals surface area contributed by atoms with E-state index in [0.29, 0.717) is 25.0 Å². The second-order valence-electron chi connectivity index (χ2n) is 8.75. The van der Waals surface area contributed by atoms with E-state index in [1.165, 1.54) is 18.2 Å². The van der Waals surface area contributed by atoms with E-state index >= 15 is 0 Å². The van der Waals surface area contributed by atoms with Gasteiger partial charge < -0.3 is 20.4 Å². The number of rotatable bonds is 6. The summed E-state index contributed by atoms with van der Waals surface area (Å²) in [6.07, 6.45) is 0.806. The van der Waals surface area contributed by atoms with Crippen LogP contribution in [0.25, 0.3) is 0 Å². The SMILES string of the molecule is CN=C(NCC(C(C)C)N1CCN(C)CC1)NC1CCN(c2c(F)cccc2F)C1.I. The van der Waals surface area contributed by atoms with E-state index in [2.05, 4.69) is 46.3 Å². The van der Waals surface area contributed by atoms with Gasteiger partial charge in [-0.2, -0.15) is 0 Å². The van der Waals surface area contributed by atoms with Crippen LogP contribution in [0.5, 0.6) is 0 Å². The molecule has 2 atom stereocenters. The van der Waals surface area contributed by atoms with Crippen molar-refractivity contribution < 1.29 is 8.78 Å². The molecule has 0 radical (unpaired) electrons. The molecule has 0 saturated carbocycles. The van der Waals surface area contributed by atoms with E-state index in [-0.39, 0.29) is 35.7 Å². The molecule has 2 aliphatic rings. The summed E-state index contributed by atoms with van der Waals surface area (Å²) < 4.78 is 28.2. The standard InChI is InChI=1S/C22H36F2N6.HI/c1-16(2)20(29-12-10-28(4)11-13-29)14-26-22(25-3)27-17-8-9-30(15-17)21-18(23)6-5-7-19(21)24;/h5-7,16-17,20H,8-15H2,1-4H3,(H2,25,26,27);1H. The van der Waals surface area contributed by atoms with Crippen LogP contribution in [0.4, 0.5) is 14.5 Å². The van der Waals surface area contributed by atoms with Gasteiger partial charge in [-0.05, 0) is 31.5 Å². The zero-order chi connectivity index (χ0) is 21.7. The van der Waals surface area contributed by atoms with Gasteiger partial charge in [-0.15, -0.1) is 24.0 Å². The number of guanidine groups is 1. The highest BCUT2D eigenvalue weighted by molar-refractivity contribution is 14.0. The molecule has 2 N–H and O–H groups in total. The predicted octanol–water partition coefficient (Wildman–Crippen LogP) is 2.60. The van der Waals surface area contributed by atoms with E-state index in [4.69, 9.17) is 0 Å². The van der Waals surface area contributed by atoms with Gasteiger partial charge in [0.25, 0.3) is 0 Å². The van der Waals surface area contributed by atoms with Crippen LogP contribution in [-0.2, 0) is 0 Å². The molecule has 2 heterocycles. The van der Waals surface area contributed by atoms with E-state index in [0.717, 1.165) is 45.1 Å². The van der Waals surface area contributed by atoms with E-state index in [1.807, 2.05) is 0 Å². The maximum atomic E-state index is 14.1. The Kier molecular flexibility index (Phi) is 10.2. The fraction of sp³-hybridized carbons (Fsp3) is 0.682. The first kappa shape index (κ1) is 26.1. The smallest absolute Gasteiger partial charge is 0.191 e. The molecule has 0 spiro atoms. The summed E-state index contributed by atoms with van der Waals surface area (Å²) >= 11 is 0. The van der Waals surface area contributed by atoms with Crippen LogP contribution in [0.3, 0.4) is 0 Å². The summed E-state index contributed by atoms with van der Waals surface area (Å²) in [7, 11) is 3.93. The molecule has 0 bridgehead atoms. The van der Waals surface area contributed by atoms with Crippen molar-refractivity contribution >= 4 is 35.6 Å². The Balaban J connectivity index is 0.00000341. The Bertz CT molecular complexity index is 704. The molecule has 2 unspecified atom stereocenters. The average Bonchev–Trinajstić information content (AvgIpc) is 3.16. The molecule has 31 heavy (non-hydrogen) atoms. The third-order valence-corrected chi connectivity index (χ3v) is 6.26. The Hall–Kier alpha value is -1.20. The number of aliphatic imine (C=N–C) groups is 1. The van der Waals surface area contributed by atoms with Crippen LogP contribution >= 0.6 is 24.0 Å². The lowest BCUT2D eigenvalue weighted by Crippen LogP contribution is -2.55. The number of anilines is 1. The lowest BCUT2D eigenvalue weighted by molar-refractivity contribution is 0.0900. The molecule has 0 amide bonds. The summed E-state index contributed by atoms with van der Waals surface area (Å²) in [6, 6.07) is 4.55. The van der Waals surface area contributed by atoms with Crippen LogP contribution < -0.4 is 15.5 Å². The fourth-order valence-corrected chi connectivity index (χ4v) is 4.40. The first-order chi connectivity index (χ1) is 14.4. The predicted molar refractivity (Wildman–Crippen MR) is 135 cm³/mol. The van der Waals surface area contributed by atoms with Gasteiger partial charge in [0.2, 0.25) is 0 Å². The molecule has 2 aliphatic heterocycles. The van der Waals surface area contributed by atoms with Gasteiger partial charge in [-0.1, -0.05) is 19.9 Å². The van der Waals surface area contributed by atoms with Crippen molar-refractivity contribution in [1.82, 2.24) is 20.4 Å². The zero-order valence-corrected chi connectivity index (χ0v) is 21.4. The zero-order valence-electron chi connectivity index (χ0n) is 19.1. The highest BCUT2D eigenvalue weighted by Crippen LogP contribution is 2.26. The number of benzene rings is 1. The molecule has 0 aliphatic carbocycles. The molecule has 176 valence electrons. The van der Waals surface area contributed by atoms with Crippen molar-refractivity contribution in [2.24, 2.45) is 10.9 Å². The van der Waals surface area contributed by atoms with E-state index in [1.54, 1.807) is 11.9 Å². The van der Waals surface area contributed by atoms with E-state index in [9.17, 15) is 8.78 Å². The maximum absolute atomic E-state index is 14.1. The molecule has 6 nitrogen and oxygen atoms in total. The minimum Gasteiger partial charge on any atom is -0.365 e. The number of para-hydroxylation sites is 1. The van der Waals surface area contributed by atoms with Crippen LogP contribution in [-0.4, -0.2) is 87.8 Å². The van der Waals surface area contributed by atoms with Crippen molar-refractivity contribution in [1.29, 1.82) is 0 Å². The molecule has 1 aromatic carbocycles. The largest absolute Gasteiger partial charge is 0.365 e. The number of piperazine rings is 1. The van der Waals surface area contributed by atoms with Crippen molar-refractivity contribution in [3.8, 4) is 0 Å². The average molecular weight is 550 g/mol. The fourth-order valence-electron chi connectivity index (χ4n) is 4.40. The van der Waals surface area contributed by atoms with Crippen LogP contribution in [0.2, 0.25) is 0 Å². The lowest BCUT2D eigenvalue weighted by atomic mass is 10.0. The third kappa shape index (κ3) is 6.89. The second kappa shape index (κ2) is 12.2. The third-order valence-electron chi connectivity index (χ3n) is 6.26. The topological polar surface area (TPSA) is 46.1 Å². The van der Waals surface area contributed by atoms with Gasteiger partial charge in [-0.25, -0.2) is 8.78 Å². The minimum atomic E-state index is -0.509. The second-order valence-corrected chi connectivity index (χ2v) is 8.75. The first-order valence-corrected chi connectivity index (χ1v) is 11.0. The van der Waals surface area contributed by atoms with Gasteiger partial charge in [-0.3, -0.25) is 9.89 Å². The number of likely N-dealkylation sites (N-methyl/N-ethyl adjacent to an activating group) is 1. The van der Waals surface area contributed by atoms with Crippen LogP contribution in [0, 0.1) is 17.6 Å². The molecule has 1 aromatic rings. The molecule has 3 rings (SSSR count). The first-order valence-electron chi connectivity index (χ1n) is 11.0. The Labute approximate surface area is 202 Å². The van der Waals surface area contributed by atoms with Crippen LogP contribution in [0.1, 0.15) is 20.3 Å². The summed E-state index contributed by atoms with van der Waals surface area (Å²) in [5.41, 5.74) is 0.0692. The number of hydrogen-bond acceptors (Lipinski definition) is 4. The van der Waals surface area contributed by atoms with E-state index < -0.39 is 11.6 Å². The molecule has 0 aromatic heterocycles. The van der Waals surface area contributed by atoms with Crippen molar-refractivity contribution in [2.45, 2.75) is 32.4 Å². The number of halogens is 3. The highest BCUT2D eigenvalue weighted by Gasteiger charge is 2.28. The lowest BCUT2D eigenvalue weighted by Gasteiger charge is -2.40. The van der Waals surface area contributed by atoms with Crippen LogP contribution in [0.15, 0.2) is 23.2 Å². The molecular formula is C22H37F2IN6. The van der Waals surface area contributed by atoms with Gasteiger partial charge in [0.15, 0.2) is 5.96 Å². The number of hydrogen-bond donors (Lipinski definition) is 2. The molecule has 9 heteroatoms. The normalized spacial score (nSPS) is 21.8. The number of nitrogens with one attached hydrogen (secondary N) is 2. The van der Waals surface area contributed by atoms with Gasteiger partial charge >= 0.3 is 0 Å². The van der Waals surface area contributed by atoms with Crippen molar-refractivity contribution in [2.75, 3.05) is 64.8 Å². The number of nitrogens with zero attached hydrogens (tertiary/aromatic N) is 4. The van der Waals surface area contributed by atoms with Crippen molar-refractivity contribution in [3.63, 3.8) is 0 Å². The van der Waals surface area contributed by atoms with Gasteiger partial charge in [0.05, 0.1) is 0 Å². The summed E-state index contributed by atoms with van der Waals surface area (Å²) in [4.78, 5) is 11.1. The monoisotopic (exact) mass is 550 g/mol. The summed E-state index contributed by atoms with van der Waals surface area (Å²) in [5, 5.41) is 6.91. The minimum absolute atomic E-state index is 0. The van der Waals surface area contributed by atoms with Crippen molar-refractivity contribution in [3.05, 3.63) is 29.8 Å². The summed E-state index contributed by atoms with van der Waals surface area (Å²) in [6.45, 7) is 10.9. The summed E-state index contributed by atoms with van der Waals surface area (Å²) in [5.74, 6) is 0.260. The highest BCUT2D eigenvalue weighted by atomic mass is 127. The quantitative estimate of drug-likeness (QED) is 0.324. The van der Waals surface area contributed by atoms with Gasteiger partial charge in [0, 0.05) is 64.9 Å².